The number of benzene rings is 1. The van der Waals surface area contributed by atoms with Crippen LogP contribution in [0.4, 0.5) is 0 Å². The van der Waals surface area contributed by atoms with Crippen LogP contribution in [-0.4, -0.2) is 40.3 Å². The lowest BCUT2D eigenvalue weighted by atomic mass is 10.0. The number of fused-ring (bicyclic) bond motifs is 3. The van der Waals surface area contributed by atoms with Crippen LogP contribution in [0, 0.1) is 18.8 Å². The smallest absolute Gasteiger partial charge is 0.164 e. The highest BCUT2D eigenvalue weighted by Crippen LogP contribution is 2.36. The van der Waals surface area contributed by atoms with Gasteiger partial charge in [0.05, 0.1) is 18.0 Å². The zero-order valence-corrected chi connectivity index (χ0v) is 16.6. The lowest BCUT2D eigenvalue weighted by molar-refractivity contribution is 0.104. The van der Waals surface area contributed by atoms with Gasteiger partial charge < -0.3 is 4.74 Å². The summed E-state index contributed by atoms with van der Waals surface area (Å²) in [6, 6.07) is 10.5. The SMILES string of the molecule is Cc1nnc2n1-c1sc(C#CCN(C)C)c(Cc3ccccc3)c1COC2. The van der Waals surface area contributed by atoms with Gasteiger partial charge in [0.1, 0.15) is 17.4 Å². The van der Waals surface area contributed by atoms with E-state index in [9.17, 15) is 0 Å². The van der Waals surface area contributed by atoms with Crippen molar-refractivity contribution in [2.45, 2.75) is 26.6 Å². The highest BCUT2D eigenvalue weighted by atomic mass is 32.1. The molecule has 1 aliphatic heterocycles. The van der Waals surface area contributed by atoms with Crippen LogP contribution in [0.15, 0.2) is 30.3 Å². The van der Waals surface area contributed by atoms with Crippen LogP contribution < -0.4 is 0 Å². The third-order valence-corrected chi connectivity index (χ3v) is 5.66. The average Bonchev–Trinajstić information content (AvgIpc) is 3.10. The quantitative estimate of drug-likeness (QED) is 0.657. The molecule has 0 saturated carbocycles. The molecule has 1 aliphatic rings. The van der Waals surface area contributed by atoms with Crippen molar-refractivity contribution in [2.24, 2.45) is 0 Å². The summed E-state index contributed by atoms with van der Waals surface area (Å²) in [5, 5.41) is 9.66. The van der Waals surface area contributed by atoms with Gasteiger partial charge in [-0.05, 0) is 38.6 Å². The van der Waals surface area contributed by atoms with Crippen molar-refractivity contribution in [3.63, 3.8) is 0 Å². The van der Waals surface area contributed by atoms with Crippen LogP contribution in [0.2, 0.25) is 0 Å². The number of nitrogens with zero attached hydrogens (tertiary/aromatic N) is 4. The fraction of sp³-hybridized carbons (Fsp3) is 0.333. The van der Waals surface area contributed by atoms with Gasteiger partial charge in [-0.25, -0.2) is 0 Å². The first-order valence-electron chi connectivity index (χ1n) is 8.94. The van der Waals surface area contributed by atoms with Gasteiger partial charge in [-0.1, -0.05) is 42.2 Å². The normalized spacial score (nSPS) is 12.9. The molecule has 0 amide bonds. The van der Waals surface area contributed by atoms with Gasteiger partial charge >= 0.3 is 0 Å². The number of hydrogen-bond donors (Lipinski definition) is 0. The predicted molar refractivity (Wildman–Crippen MR) is 107 cm³/mol. The van der Waals surface area contributed by atoms with E-state index in [2.05, 4.69) is 55.8 Å². The molecule has 0 spiro atoms. The Morgan fingerprint density at radius 3 is 2.78 bits per heavy atom. The summed E-state index contributed by atoms with van der Waals surface area (Å²) in [6.45, 7) is 3.78. The largest absolute Gasteiger partial charge is 0.369 e. The second-order valence-corrected chi connectivity index (χ2v) is 7.89. The van der Waals surface area contributed by atoms with Crippen molar-refractivity contribution in [3.05, 3.63) is 63.5 Å². The van der Waals surface area contributed by atoms with E-state index in [1.54, 1.807) is 11.3 Å². The van der Waals surface area contributed by atoms with Crippen LogP contribution in [0.3, 0.4) is 0 Å². The Morgan fingerprint density at radius 2 is 2.00 bits per heavy atom. The van der Waals surface area contributed by atoms with E-state index < -0.39 is 0 Å². The van der Waals surface area contributed by atoms with E-state index >= 15 is 0 Å². The Balaban J connectivity index is 1.84. The number of thiophene rings is 1. The third-order valence-electron chi connectivity index (χ3n) is 4.49. The van der Waals surface area contributed by atoms with E-state index in [0.29, 0.717) is 13.2 Å². The Hall–Kier alpha value is -2.46. The maximum atomic E-state index is 5.92. The fourth-order valence-corrected chi connectivity index (χ4v) is 4.46. The summed E-state index contributed by atoms with van der Waals surface area (Å²) >= 11 is 1.72. The first-order chi connectivity index (χ1) is 13.1. The topological polar surface area (TPSA) is 43.2 Å². The van der Waals surface area contributed by atoms with Gasteiger partial charge in [0.25, 0.3) is 0 Å². The van der Waals surface area contributed by atoms with Gasteiger partial charge in [-0.3, -0.25) is 9.47 Å². The van der Waals surface area contributed by atoms with Gasteiger partial charge in [0.2, 0.25) is 0 Å². The highest BCUT2D eigenvalue weighted by molar-refractivity contribution is 7.15. The van der Waals surface area contributed by atoms with Crippen molar-refractivity contribution < 1.29 is 4.74 Å². The molecule has 4 rings (SSSR count). The monoisotopic (exact) mass is 378 g/mol. The Kier molecular flexibility index (Phi) is 5.08. The summed E-state index contributed by atoms with van der Waals surface area (Å²) in [6.07, 6.45) is 0.846. The molecule has 0 bridgehead atoms. The molecule has 0 aliphatic carbocycles. The van der Waals surface area contributed by atoms with Crippen molar-refractivity contribution in [3.8, 4) is 16.8 Å². The Labute approximate surface area is 163 Å². The number of aryl methyl sites for hydroxylation is 1. The molecule has 0 radical (unpaired) electrons. The first-order valence-corrected chi connectivity index (χ1v) is 9.76. The predicted octanol–water partition coefficient (Wildman–Crippen LogP) is 3.17. The van der Waals surface area contributed by atoms with E-state index in [4.69, 9.17) is 4.74 Å². The van der Waals surface area contributed by atoms with Crippen molar-refractivity contribution in [1.82, 2.24) is 19.7 Å². The summed E-state index contributed by atoms with van der Waals surface area (Å²) in [4.78, 5) is 3.18. The molecule has 3 heterocycles. The molecule has 5 nitrogen and oxygen atoms in total. The lowest BCUT2D eigenvalue weighted by Crippen LogP contribution is -2.10. The van der Waals surface area contributed by atoms with E-state index in [1.165, 1.54) is 16.7 Å². The number of aromatic nitrogens is 3. The van der Waals surface area contributed by atoms with Crippen LogP contribution >= 0.6 is 11.3 Å². The van der Waals surface area contributed by atoms with Crippen LogP contribution in [-0.2, 0) is 24.4 Å². The van der Waals surface area contributed by atoms with Crippen molar-refractivity contribution >= 4 is 11.3 Å². The minimum atomic E-state index is 0.481. The second-order valence-electron chi connectivity index (χ2n) is 6.89. The minimum Gasteiger partial charge on any atom is -0.369 e. The van der Waals surface area contributed by atoms with Crippen LogP contribution in [0.25, 0.3) is 5.00 Å². The number of hydrogen-bond acceptors (Lipinski definition) is 5. The molecular formula is C21H22N4OS. The maximum absolute atomic E-state index is 5.92. The fourth-order valence-electron chi connectivity index (χ4n) is 3.19. The van der Waals surface area contributed by atoms with Gasteiger partial charge in [0.15, 0.2) is 5.82 Å². The Morgan fingerprint density at radius 1 is 1.19 bits per heavy atom. The molecule has 0 atom stereocenters. The molecular weight excluding hydrogens is 356 g/mol. The summed E-state index contributed by atoms with van der Waals surface area (Å²) < 4.78 is 8.05. The molecule has 0 unspecified atom stereocenters. The standard InChI is InChI=1S/C21H22N4OS/c1-15-22-23-20-14-26-13-18-17(12-16-8-5-4-6-9-16)19(10-7-11-24(2)3)27-21(18)25(15)20/h4-6,8-9H,11-14H2,1-3H3. The molecule has 0 N–H and O–H groups in total. The Bertz CT molecular complexity index is 1010. The first kappa shape index (κ1) is 17.9. The van der Waals surface area contributed by atoms with Crippen molar-refractivity contribution in [1.29, 1.82) is 0 Å². The molecule has 6 heteroatoms. The lowest BCUT2D eigenvalue weighted by Gasteiger charge is -2.07. The molecule has 0 fully saturated rings. The van der Waals surface area contributed by atoms with Crippen LogP contribution in [0.5, 0.6) is 0 Å². The van der Waals surface area contributed by atoms with E-state index in [-0.39, 0.29) is 0 Å². The summed E-state index contributed by atoms with van der Waals surface area (Å²) in [5.74, 6) is 8.43. The third kappa shape index (κ3) is 3.67. The average molecular weight is 379 g/mol. The molecule has 3 aromatic rings. The maximum Gasteiger partial charge on any atom is 0.164 e. The van der Waals surface area contributed by atoms with Gasteiger partial charge in [-0.2, -0.15) is 0 Å². The zero-order chi connectivity index (χ0) is 18.8. The number of ether oxygens (including phenoxy) is 1. The number of rotatable bonds is 3. The van der Waals surface area contributed by atoms with Crippen molar-refractivity contribution in [2.75, 3.05) is 20.6 Å². The van der Waals surface area contributed by atoms with Crippen LogP contribution in [0.1, 0.15) is 33.2 Å². The molecule has 27 heavy (non-hydrogen) atoms. The molecule has 138 valence electrons. The summed E-state index contributed by atoms with van der Waals surface area (Å²) in [5.41, 5.74) is 3.74. The van der Waals surface area contributed by atoms with E-state index in [0.717, 1.165) is 34.5 Å². The molecule has 2 aromatic heterocycles. The second kappa shape index (κ2) is 7.65. The highest BCUT2D eigenvalue weighted by Gasteiger charge is 2.25. The molecule has 1 aromatic carbocycles. The van der Waals surface area contributed by atoms with Gasteiger partial charge in [0, 0.05) is 5.56 Å². The van der Waals surface area contributed by atoms with Gasteiger partial charge in [-0.15, -0.1) is 21.5 Å². The minimum absolute atomic E-state index is 0.481. The summed E-state index contributed by atoms with van der Waals surface area (Å²) in [7, 11) is 4.06. The molecule has 0 saturated heterocycles. The van der Waals surface area contributed by atoms with E-state index in [1.807, 2.05) is 27.1 Å². The zero-order valence-electron chi connectivity index (χ0n) is 15.8.